The van der Waals surface area contributed by atoms with Crippen LogP contribution in [0.3, 0.4) is 0 Å². The molecule has 0 spiro atoms. The Labute approximate surface area is 98.9 Å². The summed E-state index contributed by atoms with van der Waals surface area (Å²) in [5.74, 6) is -1.93. The average Bonchev–Trinajstić information content (AvgIpc) is 1.98. The smallest absolute Gasteiger partial charge is 0.302 e. The normalized spacial score (nSPS) is 6.44. The molecule has 0 unspecified atom stereocenters. The van der Waals surface area contributed by atoms with Gasteiger partial charge in [-0.05, 0) is 11.0 Å². The number of carboxylic acids is 2. The van der Waals surface area contributed by atoms with E-state index >= 15 is 0 Å². The summed E-state index contributed by atoms with van der Waals surface area (Å²) in [6.07, 6.45) is 1.53. The molecule has 0 saturated heterocycles. The fraction of sp³-hybridized carbons (Fsp3) is 0.444. The maximum Gasteiger partial charge on any atom is 0.302 e. The molecule has 2 N–H and O–H groups in total. The fourth-order valence-electron chi connectivity index (χ4n) is 0.176. The molecule has 0 aromatic rings. The predicted octanol–water partition coefficient (Wildman–Crippen LogP) is -0.534. The lowest BCUT2D eigenvalue weighted by Gasteiger charge is -1.90. The second-order valence-corrected chi connectivity index (χ2v) is 2.13. The summed E-state index contributed by atoms with van der Waals surface area (Å²) in [5.41, 5.74) is 0. The number of esters is 1. The molecule has 0 aliphatic heterocycles. The Kier molecular flexibility index (Phi) is 28.4. The summed E-state index contributed by atoms with van der Waals surface area (Å²) in [7, 11) is 0. The minimum Gasteiger partial charge on any atom is -0.481 e. The third kappa shape index (κ3) is 285. The van der Waals surface area contributed by atoms with Gasteiger partial charge in [-0.25, -0.2) is 0 Å². The van der Waals surface area contributed by atoms with Crippen molar-refractivity contribution in [3.8, 4) is 0 Å². The van der Waals surface area contributed by atoms with Crippen LogP contribution in [0.15, 0.2) is 12.7 Å². The van der Waals surface area contributed by atoms with Crippen LogP contribution in [0.25, 0.3) is 0 Å². The first-order chi connectivity index (χ1) is 6.73. The van der Waals surface area contributed by atoms with Crippen molar-refractivity contribution in [2.24, 2.45) is 0 Å². The maximum atomic E-state index is 9.93. The van der Waals surface area contributed by atoms with E-state index in [1.165, 1.54) is 13.0 Å². The number of carbonyl (C=O) groups excluding carboxylic acids is 1. The van der Waals surface area contributed by atoms with Crippen LogP contribution in [0.2, 0.25) is 0 Å². The van der Waals surface area contributed by atoms with E-state index in [-0.39, 0.29) is 16.9 Å². The maximum absolute atomic E-state index is 9.93. The quantitative estimate of drug-likeness (QED) is 0.389. The highest BCUT2D eigenvalue weighted by atomic mass is 28.1. The summed E-state index contributed by atoms with van der Waals surface area (Å²) >= 11 is 0. The first-order valence-electron chi connectivity index (χ1n) is 3.87. The van der Waals surface area contributed by atoms with Crippen LogP contribution < -0.4 is 0 Å². The Morgan fingerprint density at radius 2 is 1.38 bits per heavy atom. The van der Waals surface area contributed by atoms with Gasteiger partial charge in [0, 0.05) is 20.8 Å². The van der Waals surface area contributed by atoms with E-state index < -0.39 is 11.9 Å². The number of carboxylic acid groups (broad SMARTS) is 2. The van der Waals surface area contributed by atoms with Crippen LogP contribution in [0.1, 0.15) is 20.8 Å². The Hall–Kier alpha value is -1.63. The second kappa shape index (κ2) is 19.0. The molecular weight excluding hydrogens is 232 g/mol. The lowest BCUT2D eigenvalue weighted by atomic mass is 10.7. The summed E-state index contributed by atoms with van der Waals surface area (Å²) in [6, 6.07) is 0. The summed E-state index contributed by atoms with van der Waals surface area (Å²) in [4.78, 5) is 27.9. The first kappa shape index (κ1) is 23.9. The van der Waals surface area contributed by atoms with E-state index in [0.29, 0.717) is 6.61 Å². The summed E-state index contributed by atoms with van der Waals surface area (Å²) in [6.45, 7) is 7.20. The van der Waals surface area contributed by atoms with E-state index in [0.717, 1.165) is 13.8 Å². The van der Waals surface area contributed by atoms with Crippen molar-refractivity contribution in [2.45, 2.75) is 20.8 Å². The molecule has 7 heteroatoms. The Bertz CT molecular complexity index is 194. The van der Waals surface area contributed by atoms with Crippen LogP contribution in [0, 0.1) is 0 Å². The average molecular weight is 252 g/mol. The zero-order chi connectivity index (χ0) is 12.9. The molecule has 0 fully saturated rings. The monoisotopic (exact) mass is 252 g/mol. The van der Waals surface area contributed by atoms with E-state index in [4.69, 9.17) is 19.8 Å². The molecule has 0 aromatic carbocycles. The van der Waals surface area contributed by atoms with Crippen molar-refractivity contribution in [3.05, 3.63) is 12.7 Å². The standard InChI is InChI=1S/C5H8O2.2C2H4O2.H4Si/c1-3-4-7-5(2)6;2*1-2(3)4;/h3H,1,4H2,2H3;2*1H3,(H,3,4);1H4. The SMILES string of the molecule is C=CCOC(C)=O.CC(=O)O.CC(=O)O.[SiH4]. The van der Waals surface area contributed by atoms with Crippen molar-refractivity contribution >= 4 is 28.9 Å². The molecular formula is C9H20O6Si. The van der Waals surface area contributed by atoms with Gasteiger partial charge in [0.15, 0.2) is 0 Å². The first-order valence-corrected chi connectivity index (χ1v) is 3.87. The van der Waals surface area contributed by atoms with Gasteiger partial charge >= 0.3 is 5.97 Å². The van der Waals surface area contributed by atoms with Crippen molar-refractivity contribution < 1.29 is 29.3 Å². The highest BCUT2D eigenvalue weighted by Gasteiger charge is 1.83. The number of aliphatic carboxylic acids is 2. The number of rotatable bonds is 2. The third-order valence-corrected chi connectivity index (χ3v) is 0.404. The minimum absolute atomic E-state index is 0. The van der Waals surface area contributed by atoms with Crippen LogP contribution in [-0.4, -0.2) is 45.7 Å². The largest absolute Gasteiger partial charge is 0.481 e. The van der Waals surface area contributed by atoms with Crippen molar-refractivity contribution in [1.82, 2.24) is 0 Å². The lowest BCUT2D eigenvalue weighted by Crippen LogP contribution is -1.96. The topological polar surface area (TPSA) is 101 Å². The van der Waals surface area contributed by atoms with Crippen molar-refractivity contribution in [1.29, 1.82) is 0 Å². The van der Waals surface area contributed by atoms with Gasteiger partial charge in [0.1, 0.15) is 6.61 Å². The minimum atomic E-state index is -0.833. The van der Waals surface area contributed by atoms with Gasteiger partial charge in [-0.3, -0.25) is 14.4 Å². The Morgan fingerprint density at radius 3 is 1.44 bits per heavy atom. The van der Waals surface area contributed by atoms with E-state index in [2.05, 4.69) is 11.3 Å². The molecule has 0 atom stereocenters. The molecule has 0 heterocycles. The lowest BCUT2D eigenvalue weighted by molar-refractivity contribution is -0.140. The number of ether oxygens (including phenoxy) is 1. The van der Waals surface area contributed by atoms with Gasteiger partial charge in [-0.1, -0.05) is 12.7 Å². The molecule has 0 aliphatic rings. The second-order valence-electron chi connectivity index (χ2n) is 2.13. The Morgan fingerprint density at radius 1 is 1.12 bits per heavy atom. The van der Waals surface area contributed by atoms with E-state index in [1.807, 2.05) is 0 Å². The van der Waals surface area contributed by atoms with E-state index in [1.54, 1.807) is 0 Å². The number of hydrogen-bond acceptors (Lipinski definition) is 4. The molecule has 16 heavy (non-hydrogen) atoms. The van der Waals surface area contributed by atoms with Gasteiger partial charge in [0.25, 0.3) is 11.9 Å². The third-order valence-electron chi connectivity index (χ3n) is 0.404. The molecule has 0 radical (unpaired) electrons. The summed E-state index contributed by atoms with van der Waals surface area (Å²) in [5, 5.41) is 14.8. The van der Waals surface area contributed by atoms with Crippen LogP contribution in [0.5, 0.6) is 0 Å². The van der Waals surface area contributed by atoms with Gasteiger partial charge in [0.05, 0.1) is 0 Å². The molecule has 0 amide bonds. The van der Waals surface area contributed by atoms with Crippen LogP contribution in [0.4, 0.5) is 0 Å². The van der Waals surface area contributed by atoms with E-state index in [9.17, 15) is 4.79 Å². The van der Waals surface area contributed by atoms with Gasteiger partial charge < -0.3 is 14.9 Å². The number of carbonyl (C=O) groups is 3. The van der Waals surface area contributed by atoms with Crippen molar-refractivity contribution in [2.75, 3.05) is 6.61 Å². The highest BCUT2D eigenvalue weighted by molar-refractivity contribution is 5.75. The molecule has 6 nitrogen and oxygen atoms in total. The predicted molar refractivity (Wildman–Crippen MR) is 64.8 cm³/mol. The molecule has 0 aliphatic carbocycles. The van der Waals surface area contributed by atoms with Gasteiger partial charge in [-0.15, -0.1) is 0 Å². The zero-order valence-corrected chi connectivity index (χ0v) is 9.02. The van der Waals surface area contributed by atoms with Crippen LogP contribution >= 0.6 is 0 Å². The van der Waals surface area contributed by atoms with Gasteiger partial charge in [0.2, 0.25) is 0 Å². The summed E-state index contributed by atoms with van der Waals surface area (Å²) < 4.78 is 4.43. The van der Waals surface area contributed by atoms with Crippen LogP contribution in [-0.2, 0) is 19.1 Å². The fourth-order valence-corrected chi connectivity index (χ4v) is 0.176. The molecule has 0 bridgehead atoms. The van der Waals surface area contributed by atoms with Gasteiger partial charge in [-0.2, -0.15) is 0 Å². The zero-order valence-electron chi connectivity index (χ0n) is 9.02. The molecule has 0 rings (SSSR count). The highest BCUT2D eigenvalue weighted by Crippen LogP contribution is 1.73. The van der Waals surface area contributed by atoms with Crippen molar-refractivity contribution in [3.63, 3.8) is 0 Å². The molecule has 0 saturated carbocycles. The molecule has 96 valence electrons. The molecule has 0 aromatic heterocycles. The Balaban J connectivity index is -0.0000000700. The number of hydrogen-bond donors (Lipinski definition) is 2.